The van der Waals surface area contributed by atoms with Crippen LogP contribution in [-0.2, 0) is 11.2 Å². The van der Waals surface area contributed by atoms with Gasteiger partial charge in [0.25, 0.3) is 0 Å². The summed E-state index contributed by atoms with van der Waals surface area (Å²) in [5.74, 6) is 0.321. The molecule has 1 aromatic carbocycles. The van der Waals surface area contributed by atoms with Crippen LogP contribution in [0.2, 0.25) is 0 Å². The van der Waals surface area contributed by atoms with Crippen molar-refractivity contribution >= 4 is 34.3 Å². The van der Waals surface area contributed by atoms with Gasteiger partial charge in [-0.1, -0.05) is 48.2 Å². The summed E-state index contributed by atoms with van der Waals surface area (Å²) in [6.07, 6.45) is 0.288. The molecule has 0 saturated heterocycles. The van der Waals surface area contributed by atoms with Gasteiger partial charge in [-0.05, 0) is 34.3 Å². The van der Waals surface area contributed by atoms with Crippen LogP contribution in [0.25, 0.3) is 21.7 Å². The van der Waals surface area contributed by atoms with Crippen LogP contribution in [0.15, 0.2) is 58.9 Å². The van der Waals surface area contributed by atoms with Crippen LogP contribution in [-0.4, -0.2) is 27.0 Å². The Morgan fingerprint density at radius 1 is 1.22 bits per heavy atom. The van der Waals surface area contributed by atoms with Gasteiger partial charge >= 0.3 is 0 Å². The third kappa shape index (κ3) is 5.11. The lowest BCUT2D eigenvalue weighted by molar-refractivity contribution is 0.484. The summed E-state index contributed by atoms with van der Waals surface area (Å²) in [5.41, 5.74) is 3.03. The van der Waals surface area contributed by atoms with Gasteiger partial charge in [-0.3, -0.25) is 4.39 Å². The van der Waals surface area contributed by atoms with E-state index in [0.717, 1.165) is 21.7 Å². The molecule has 138 valence electrons. The summed E-state index contributed by atoms with van der Waals surface area (Å²) in [5, 5.41) is 12.6. The van der Waals surface area contributed by atoms with Crippen molar-refractivity contribution in [3.05, 3.63) is 59.5 Å². The van der Waals surface area contributed by atoms with Crippen LogP contribution in [0.1, 0.15) is 12.0 Å². The topological polar surface area (TPSA) is 59.7 Å². The van der Waals surface area contributed by atoms with Crippen molar-refractivity contribution in [1.29, 1.82) is 5.26 Å². The fourth-order valence-electron chi connectivity index (χ4n) is 2.53. The molecule has 0 radical (unpaired) electrons. The van der Waals surface area contributed by atoms with Crippen molar-refractivity contribution < 1.29 is 8.94 Å². The minimum Gasteiger partial charge on any atom is -0.616 e. The number of halogens is 1. The van der Waals surface area contributed by atoms with E-state index in [4.69, 9.17) is 0 Å². The molecule has 2 aromatic heterocycles. The number of alkyl halides is 1. The highest BCUT2D eigenvalue weighted by Crippen LogP contribution is 2.35. The van der Waals surface area contributed by atoms with E-state index in [1.54, 1.807) is 11.3 Å². The molecule has 0 aliphatic carbocycles. The monoisotopic (exact) mass is 416 g/mol. The first-order valence-corrected chi connectivity index (χ1v) is 11.7. The third-order valence-corrected chi connectivity index (χ3v) is 7.52. The first-order chi connectivity index (χ1) is 13.2. The van der Waals surface area contributed by atoms with Gasteiger partial charge < -0.3 is 4.55 Å². The molecular formula is C20H17FN2OS3. The molecule has 0 aliphatic rings. The molecule has 7 heteroatoms. The summed E-state index contributed by atoms with van der Waals surface area (Å²) < 4.78 is 24.3. The van der Waals surface area contributed by atoms with E-state index in [-0.39, 0.29) is 6.42 Å². The Morgan fingerprint density at radius 3 is 2.70 bits per heavy atom. The molecule has 3 rings (SSSR count). The summed E-state index contributed by atoms with van der Waals surface area (Å²) >= 11 is 1.73. The van der Waals surface area contributed by atoms with E-state index in [1.807, 2.05) is 53.9 Å². The first kappa shape index (κ1) is 19.9. The summed E-state index contributed by atoms with van der Waals surface area (Å²) in [4.78, 5) is 5.68. The Balaban J connectivity index is 2.00. The molecule has 27 heavy (non-hydrogen) atoms. The van der Waals surface area contributed by atoms with Gasteiger partial charge in [-0.15, -0.1) is 11.3 Å². The van der Waals surface area contributed by atoms with Crippen LogP contribution < -0.4 is 0 Å². The van der Waals surface area contributed by atoms with Crippen LogP contribution in [0.5, 0.6) is 0 Å². The second-order valence-electron chi connectivity index (χ2n) is 5.64. The number of aromatic nitrogens is 1. The van der Waals surface area contributed by atoms with Gasteiger partial charge in [0.2, 0.25) is 0 Å². The predicted octanol–water partition coefficient (Wildman–Crippen LogP) is 5.51. The molecule has 0 aliphatic heterocycles. The lowest BCUT2D eigenvalue weighted by atomic mass is 10.0. The van der Waals surface area contributed by atoms with Crippen molar-refractivity contribution in [1.82, 2.24) is 4.98 Å². The molecule has 1 unspecified atom stereocenters. The highest BCUT2D eigenvalue weighted by Gasteiger charge is 2.18. The maximum absolute atomic E-state index is 12.3. The van der Waals surface area contributed by atoms with E-state index in [0.29, 0.717) is 21.4 Å². The molecule has 0 spiro atoms. The van der Waals surface area contributed by atoms with Crippen molar-refractivity contribution in [2.45, 2.75) is 11.4 Å². The Hall–Kier alpha value is -1.85. The lowest BCUT2D eigenvalue weighted by Crippen LogP contribution is -2.10. The molecule has 0 fully saturated rings. The van der Waals surface area contributed by atoms with Gasteiger partial charge in [0.15, 0.2) is 5.08 Å². The molecular weight excluding hydrogens is 399 g/mol. The molecule has 0 amide bonds. The molecule has 0 N–H and O–H groups in total. The Kier molecular flexibility index (Phi) is 7.30. The number of nitrogens with zero attached hydrogens (tertiary/aromatic N) is 2. The largest absolute Gasteiger partial charge is 0.616 e. The molecule has 1 atom stereocenters. The predicted molar refractivity (Wildman–Crippen MR) is 112 cm³/mol. The molecule has 0 saturated carbocycles. The number of benzene rings is 1. The fraction of sp³-hybridized carbons (Fsp3) is 0.200. The van der Waals surface area contributed by atoms with E-state index < -0.39 is 17.9 Å². The number of nitriles is 1. The summed E-state index contributed by atoms with van der Waals surface area (Å²) in [6, 6.07) is 17.9. The number of hydrogen-bond acceptors (Lipinski definition) is 5. The Bertz CT molecular complexity index is 911. The molecule has 3 aromatic rings. The molecule has 3 nitrogen and oxygen atoms in total. The van der Waals surface area contributed by atoms with Crippen molar-refractivity contribution in [2.75, 3.05) is 17.5 Å². The van der Waals surface area contributed by atoms with Crippen LogP contribution in [0, 0.1) is 11.3 Å². The highest BCUT2D eigenvalue weighted by atomic mass is 32.3. The van der Waals surface area contributed by atoms with E-state index in [1.165, 1.54) is 11.8 Å². The van der Waals surface area contributed by atoms with E-state index in [2.05, 4.69) is 11.1 Å². The normalized spacial score (nSPS) is 11.9. The number of thiophene rings is 1. The van der Waals surface area contributed by atoms with Crippen LogP contribution in [0.4, 0.5) is 4.39 Å². The third-order valence-electron chi connectivity index (χ3n) is 3.79. The Labute approximate surface area is 169 Å². The minimum absolute atomic E-state index is 0.288. The maximum atomic E-state index is 12.3. The van der Waals surface area contributed by atoms with Crippen molar-refractivity contribution in [3.63, 3.8) is 0 Å². The molecule has 2 heterocycles. The first-order valence-electron chi connectivity index (χ1n) is 8.31. The zero-order chi connectivity index (χ0) is 19.1. The van der Waals surface area contributed by atoms with Gasteiger partial charge in [0.05, 0.1) is 22.8 Å². The SMILES string of the molecule is N#Cc1c(-c2ccccc2)cc(-c2cccs2)nc1SC[S+]([O-])CCCF. The summed E-state index contributed by atoms with van der Waals surface area (Å²) in [6.45, 7) is -0.468. The second kappa shape index (κ2) is 9.90. The van der Waals surface area contributed by atoms with E-state index in [9.17, 15) is 14.2 Å². The fourth-order valence-corrected chi connectivity index (χ4v) is 5.55. The summed E-state index contributed by atoms with van der Waals surface area (Å²) in [7, 11) is 0. The van der Waals surface area contributed by atoms with Crippen molar-refractivity contribution in [2.24, 2.45) is 0 Å². The zero-order valence-corrected chi connectivity index (χ0v) is 16.9. The number of hydrogen-bond donors (Lipinski definition) is 0. The van der Waals surface area contributed by atoms with Crippen LogP contribution >= 0.6 is 23.1 Å². The number of rotatable bonds is 8. The number of pyridine rings is 1. The molecule has 0 bridgehead atoms. The highest BCUT2D eigenvalue weighted by molar-refractivity contribution is 8.12. The van der Waals surface area contributed by atoms with Crippen molar-refractivity contribution in [3.8, 4) is 27.8 Å². The maximum Gasteiger partial charge on any atom is 0.156 e. The smallest absolute Gasteiger partial charge is 0.156 e. The van der Waals surface area contributed by atoms with Gasteiger partial charge in [0, 0.05) is 12.0 Å². The lowest BCUT2D eigenvalue weighted by Gasteiger charge is -2.13. The van der Waals surface area contributed by atoms with E-state index >= 15 is 0 Å². The average molecular weight is 417 g/mol. The van der Waals surface area contributed by atoms with Gasteiger partial charge in [-0.25, -0.2) is 4.98 Å². The Morgan fingerprint density at radius 2 is 2.04 bits per heavy atom. The quantitative estimate of drug-likeness (QED) is 0.359. The zero-order valence-electron chi connectivity index (χ0n) is 14.4. The van der Waals surface area contributed by atoms with Gasteiger partial charge in [-0.2, -0.15) is 5.26 Å². The minimum atomic E-state index is -1.15. The van der Waals surface area contributed by atoms with Crippen LogP contribution in [0.3, 0.4) is 0 Å². The average Bonchev–Trinajstić information content (AvgIpc) is 3.25. The number of thioether (sulfide) groups is 1. The standard InChI is InChI=1S/C20H17FN2OS3/c21-9-5-11-27(24)14-26-20-17(13-22)16(15-6-2-1-3-7-15)12-18(23-20)19-8-4-10-25-19/h1-4,6-8,10,12H,5,9,11,14H2. The second-order valence-corrected chi connectivity index (χ2v) is 9.49. The van der Waals surface area contributed by atoms with Gasteiger partial charge in [0.1, 0.15) is 16.8 Å².